The number of nitrogens with one attached hydrogen (secondary N) is 1. The molecule has 0 heterocycles. The first-order valence-corrected chi connectivity index (χ1v) is 10.0. The predicted molar refractivity (Wildman–Crippen MR) is 91.4 cm³/mol. The van der Waals surface area contributed by atoms with Crippen molar-refractivity contribution in [3.8, 4) is 11.5 Å². The number of rotatable bonds is 7. The molecule has 2 aromatic rings. The zero-order valence-corrected chi connectivity index (χ0v) is 15.2. The van der Waals surface area contributed by atoms with Gasteiger partial charge in [0.1, 0.15) is 16.4 Å². The van der Waals surface area contributed by atoms with E-state index in [4.69, 9.17) is 14.6 Å². The number of benzene rings is 2. The van der Waals surface area contributed by atoms with Gasteiger partial charge in [-0.15, -0.1) is 0 Å². The van der Waals surface area contributed by atoms with Gasteiger partial charge in [0.2, 0.25) is 20.0 Å². The fourth-order valence-corrected chi connectivity index (χ4v) is 3.87. The second-order valence-corrected chi connectivity index (χ2v) is 8.33. The van der Waals surface area contributed by atoms with E-state index in [1.54, 1.807) is 12.1 Å². The topological polar surface area (TPSA) is 125 Å². The molecule has 0 aliphatic carbocycles. The van der Waals surface area contributed by atoms with Gasteiger partial charge in [0, 0.05) is 12.6 Å². The summed E-state index contributed by atoms with van der Waals surface area (Å²) < 4.78 is 60.3. The third-order valence-corrected chi connectivity index (χ3v) is 5.69. The molecule has 0 fully saturated rings. The van der Waals surface area contributed by atoms with Gasteiger partial charge in [0.25, 0.3) is 0 Å². The van der Waals surface area contributed by atoms with Crippen LogP contribution in [0.2, 0.25) is 0 Å². The Hall–Kier alpha value is -2.14. The second kappa shape index (κ2) is 7.40. The lowest BCUT2D eigenvalue weighted by Crippen LogP contribution is -2.24. The van der Waals surface area contributed by atoms with E-state index < -0.39 is 20.0 Å². The zero-order valence-electron chi connectivity index (χ0n) is 13.6. The molecular weight excluding hydrogens is 368 g/mol. The van der Waals surface area contributed by atoms with Crippen molar-refractivity contribution in [2.75, 3.05) is 14.2 Å². The first kappa shape index (κ1) is 19.2. The molecule has 2 rings (SSSR count). The van der Waals surface area contributed by atoms with E-state index in [0.29, 0.717) is 11.3 Å². The summed E-state index contributed by atoms with van der Waals surface area (Å²) in [6.07, 6.45) is 0. The maximum atomic E-state index is 12.5. The van der Waals surface area contributed by atoms with Crippen LogP contribution in [0.5, 0.6) is 11.5 Å². The van der Waals surface area contributed by atoms with Crippen molar-refractivity contribution in [2.45, 2.75) is 16.3 Å². The highest BCUT2D eigenvalue weighted by Gasteiger charge is 2.20. The third-order valence-electron chi connectivity index (χ3n) is 3.35. The Morgan fingerprint density at radius 3 is 2.32 bits per heavy atom. The zero-order chi connectivity index (χ0) is 18.7. The predicted octanol–water partition coefficient (Wildman–Crippen LogP) is 0.830. The molecule has 0 amide bonds. The fraction of sp³-hybridized carbons (Fsp3) is 0.200. The van der Waals surface area contributed by atoms with Gasteiger partial charge in [-0.2, -0.15) is 0 Å². The quantitative estimate of drug-likeness (QED) is 0.726. The van der Waals surface area contributed by atoms with Crippen LogP contribution in [-0.2, 0) is 26.6 Å². The lowest BCUT2D eigenvalue weighted by Gasteiger charge is -2.12. The summed E-state index contributed by atoms with van der Waals surface area (Å²) in [4.78, 5) is -0.180. The number of ether oxygens (including phenoxy) is 2. The minimum Gasteiger partial charge on any atom is -0.497 e. The van der Waals surface area contributed by atoms with Crippen molar-refractivity contribution in [2.24, 2.45) is 5.14 Å². The van der Waals surface area contributed by atoms with Crippen LogP contribution in [0.3, 0.4) is 0 Å². The first-order chi connectivity index (χ1) is 11.7. The highest BCUT2D eigenvalue weighted by molar-refractivity contribution is 7.89. The highest BCUT2D eigenvalue weighted by Crippen LogP contribution is 2.28. The Morgan fingerprint density at radius 2 is 1.72 bits per heavy atom. The van der Waals surface area contributed by atoms with Crippen LogP contribution in [-0.4, -0.2) is 31.1 Å². The molecular formula is C15H18N2O6S2. The molecule has 2 aromatic carbocycles. The molecule has 25 heavy (non-hydrogen) atoms. The van der Waals surface area contributed by atoms with Crippen LogP contribution in [0.4, 0.5) is 0 Å². The molecule has 0 spiro atoms. The minimum absolute atomic E-state index is 0.0862. The summed E-state index contributed by atoms with van der Waals surface area (Å²) in [5.41, 5.74) is 0.442. The Morgan fingerprint density at radius 1 is 1.00 bits per heavy atom. The van der Waals surface area contributed by atoms with Crippen molar-refractivity contribution >= 4 is 20.0 Å². The molecule has 8 nitrogen and oxygen atoms in total. The molecule has 3 N–H and O–H groups in total. The molecule has 0 aliphatic rings. The number of hydrogen-bond acceptors (Lipinski definition) is 6. The number of sulfonamides is 2. The normalized spacial score (nSPS) is 12.0. The Balaban J connectivity index is 2.29. The van der Waals surface area contributed by atoms with Gasteiger partial charge in [-0.25, -0.2) is 26.7 Å². The van der Waals surface area contributed by atoms with Crippen molar-refractivity contribution in [3.05, 3.63) is 48.0 Å². The van der Waals surface area contributed by atoms with Crippen molar-refractivity contribution in [3.63, 3.8) is 0 Å². The number of methoxy groups -OCH3 is 2. The van der Waals surface area contributed by atoms with Gasteiger partial charge in [-0.1, -0.05) is 12.1 Å². The van der Waals surface area contributed by atoms with Gasteiger partial charge < -0.3 is 9.47 Å². The van der Waals surface area contributed by atoms with E-state index in [1.165, 1.54) is 44.6 Å². The maximum Gasteiger partial charge on any atom is 0.244 e. The molecule has 0 saturated heterocycles. The molecule has 0 aliphatic heterocycles. The Kier molecular flexibility index (Phi) is 5.68. The van der Waals surface area contributed by atoms with Crippen LogP contribution in [0.1, 0.15) is 5.56 Å². The fourth-order valence-electron chi connectivity index (χ4n) is 2.08. The van der Waals surface area contributed by atoms with Gasteiger partial charge in [0.05, 0.1) is 19.1 Å². The van der Waals surface area contributed by atoms with Gasteiger partial charge in [0.15, 0.2) is 0 Å². The standard InChI is InChI=1S/C15H18N2O6S2/c1-22-12-6-7-14(23-2)15(9-12)25(20,21)17-10-11-4-3-5-13(8-11)24(16,18)19/h3-9,17H,10H2,1-2H3,(H2,16,18,19). The average molecular weight is 386 g/mol. The average Bonchev–Trinajstić information content (AvgIpc) is 2.59. The molecule has 0 aromatic heterocycles. The third kappa shape index (κ3) is 4.69. The smallest absolute Gasteiger partial charge is 0.244 e. The molecule has 0 bridgehead atoms. The van der Waals surface area contributed by atoms with Crippen molar-refractivity contribution < 1.29 is 26.3 Å². The first-order valence-electron chi connectivity index (χ1n) is 7.01. The van der Waals surface area contributed by atoms with E-state index in [0.717, 1.165) is 0 Å². The number of nitrogens with two attached hydrogens (primary N) is 1. The van der Waals surface area contributed by atoms with Gasteiger partial charge in [-0.05, 0) is 29.8 Å². The van der Waals surface area contributed by atoms with Gasteiger partial charge >= 0.3 is 0 Å². The summed E-state index contributed by atoms with van der Waals surface area (Å²) in [7, 11) is -5.00. The number of hydrogen-bond donors (Lipinski definition) is 2. The number of primary sulfonamides is 1. The van der Waals surface area contributed by atoms with Crippen LogP contribution >= 0.6 is 0 Å². The monoisotopic (exact) mass is 386 g/mol. The van der Waals surface area contributed by atoms with Crippen LogP contribution < -0.4 is 19.3 Å². The van der Waals surface area contributed by atoms with E-state index >= 15 is 0 Å². The Labute approximate surface area is 146 Å². The van der Waals surface area contributed by atoms with Crippen LogP contribution in [0.25, 0.3) is 0 Å². The van der Waals surface area contributed by atoms with Crippen molar-refractivity contribution in [1.29, 1.82) is 0 Å². The Bertz CT molecular complexity index is 971. The molecule has 136 valence electrons. The second-order valence-electron chi connectivity index (χ2n) is 5.03. The van der Waals surface area contributed by atoms with E-state index in [9.17, 15) is 16.8 Å². The summed E-state index contributed by atoms with van der Waals surface area (Å²) in [6.45, 7) is -0.119. The molecule has 0 saturated carbocycles. The summed E-state index contributed by atoms with van der Waals surface area (Å²) >= 11 is 0. The largest absolute Gasteiger partial charge is 0.497 e. The van der Waals surface area contributed by atoms with E-state index in [2.05, 4.69) is 4.72 Å². The van der Waals surface area contributed by atoms with E-state index in [1.807, 2.05) is 0 Å². The minimum atomic E-state index is -3.92. The SMILES string of the molecule is COc1ccc(OC)c(S(=O)(=O)NCc2cccc(S(N)(=O)=O)c2)c1. The van der Waals surface area contributed by atoms with Crippen LogP contribution in [0.15, 0.2) is 52.3 Å². The van der Waals surface area contributed by atoms with E-state index in [-0.39, 0.29) is 22.1 Å². The summed E-state index contributed by atoms with van der Waals surface area (Å²) in [5.74, 6) is 0.518. The molecule has 0 unspecified atom stereocenters. The summed E-state index contributed by atoms with van der Waals surface area (Å²) in [5, 5.41) is 5.07. The summed E-state index contributed by atoms with van der Waals surface area (Å²) in [6, 6.07) is 10.1. The van der Waals surface area contributed by atoms with Crippen LogP contribution in [0, 0.1) is 0 Å². The maximum absolute atomic E-state index is 12.5. The van der Waals surface area contributed by atoms with Crippen molar-refractivity contribution in [1.82, 2.24) is 4.72 Å². The highest BCUT2D eigenvalue weighted by atomic mass is 32.2. The molecule has 0 atom stereocenters. The lowest BCUT2D eigenvalue weighted by atomic mass is 10.2. The molecule has 0 radical (unpaired) electrons. The molecule has 10 heteroatoms. The lowest BCUT2D eigenvalue weighted by molar-refractivity contribution is 0.392. The van der Waals surface area contributed by atoms with Gasteiger partial charge in [-0.3, -0.25) is 0 Å².